The SMILES string of the molecule is Cc1nc(Cl)c(C=O)c(N2CC(C)N(C)C(C)C2)n1. The number of hydrogen-bond donors (Lipinski definition) is 0. The number of rotatable bonds is 2. The molecule has 0 aliphatic carbocycles. The summed E-state index contributed by atoms with van der Waals surface area (Å²) < 4.78 is 0. The standard InChI is InChI=1S/C13H19ClN4O/c1-8-5-18(6-9(2)17(8)4)13-11(7-19)12(14)15-10(3)16-13/h7-9H,5-6H2,1-4H3. The summed E-state index contributed by atoms with van der Waals surface area (Å²) in [5.41, 5.74) is 0.385. The van der Waals surface area contributed by atoms with E-state index >= 15 is 0 Å². The molecule has 0 bridgehead atoms. The van der Waals surface area contributed by atoms with Gasteiger partial charge in [-0.25, -0.2) is 9.97 Å². The number of likely N-dealkylation sites (N-methyl/N-ethyl adjacent to an activating group) is 1. The largest absolute Gasteiger partial charge is 0.353 e. The molecule has 1 aliphatic heterocycles. The number of aldehydes is 1. The van der Waals surface area contributed by atoms with E-state index in [-0.39, 0.29) is 5.15 Å². The minimum atomic E-state index is 0.233. The van der Waals surface area contributed by atoms with Crippen molar-refractivity contribution in [3.63, 3.8) is 0 Å². The number of hydrogen-bond acceptors (Lipinski definition) is 5. The predicted octanol–water partition coefficient (Wildman–Crippen LogP) is 1.78. The fraction of sp³-hybridized carbons (Fsp3) is 0.615. The summed E-state index contributed by atoms with van der Waals surface area (Å²) in [7, 11) is 2.12. The van der Waals surface area contributed by atoms with Crippen molar-refractivity contribution in [2.24, 2.45) is 0 Å². The smallest absolute Gasteiger partial charge is 0.156 e. The maximum Gasteiger partial charge on any atom is 0.156 e. The summed E-state index contributed by atoms with van der Waals surface area (Å²) in [6.07, 6.45) is 0.741. The molecular formula is C13H19ClN4O. The number of aryl methyl sites for hydroxylation is 1. The highest BCUT2D eigenvalue weighted by Crippen LogP contribution is 2.26. The van der Waals surface area contributed by atoms with Gasteiger partial charge < -0.3 is 4.90 Å². The molecule has 6 heteroatoms. The van der Waals surface area contributed by atoms with E-state index in [1.807, 2.05) is 0 Å². The van der Waals surface area contributed by atoms with Gasteiger partial charge in [0.2, 0.25) is 0 Å². The van der Waals surface area contributed by atoms with Crippen LogP contribution in [0.25, 0.3) is 0 Å². The first kappa shape index (κ1) is 14.2. The Hall–Kier alpha value is -1.20. The van der Waals surface area contributed by atoms with Gasteiger partial charge in [-0.2, -0.15) is 0 Å². The zero-order chi connectivity index (χ0) is 14.2. The third-order valence-electron chi connectivity index (χ3n) is 3.77. The van der Waals surface area contributed by atoms with Crippen molar-refractivity contribution in [3.8, 4) is 0 Å². The molecule has 5 nitrogen and oxygen atoms in total. The molecule has 2 atom stereocenters. The van der Waals surface area contributed by atoms with Gasteiger partial charge in [0.1, 0.15) is 16.8 Å². The van der Waals surface area contributed by atoms with E-state index < -0.39 is 0 Å². The van der Waals surface area contributed by atoms with Gasteiger partial charge in [-0.3, -0.25) is 9.69 Å². The van der Waals surface area contributed by atoms with E-state index in [4.69, 9.17) is 11.6 Å². The topological polar surface area (TPSA) is 49.3 Å². The van der Waals surface area contributed by atoms with E-state index in [1.54, 1.807) is 6.92 Å². The Morgan fingerprint density at radius 1 is 1.26 bits per heavy atom. The lowest BCUT2D eigenvalue weighted by Gasteiger charge is -2.43. The summed E-state index contributed by atoms with van der Waals surface area (Å²) in [5.74, 6) is 1.24. The zero-order valence-electron chi connectivity index (χ0n) is 11.7. The van der Waals surface area contributed by atoms with E-state index in [1.165, 1.54) is 0 Å². The second kappa shape index (κ2) is 5.43. The molecule has 19 heavy (non-hydrogen) atoms. The second-order valence-corrected chi connectivity index (χ2v) is 5.54. The van der Waals surface area contributed by atoms with Crippen LogP contribution in [0.5, 0.6) is 0 Å². The van der Waals surface area contributed by atoms with Crippen LogP contribution >= 0.6 is 11.6 Å². The molecule has 1 aromatic rings. The molecule has 0 saturated carbocycles. The Bertz CT molecular complexity index is 482. The Morgan fingerprint density at radius 3 is 2.37 bits per heavy atom. The van der Waals surface area contributed by atoms with Crippen molar-refractivity contribution in [2.45, 2.75) is 32.9 Å². The molecule has 1 aromatic heterocycles. The summed E-state index contributed by atoms with van der Waals surface area (Å²) in [4.78, 5) is 24.1. The monoisotopic (exact) mass is 282 g/mol. The van der Waals surface area contributed by atoms with Crippen LogP contribution in [-0.4, -0.2) is 53.4 Å². The van der Waals surface area contributed by atoms with E-state index in [2.05, 4.69) is 40.7 Å². The van der Waals surface area contributed by atoms with Crippen molar-refractivity contribution in [1.29, 1.82) is 0 Å². The van der Waals surface area contributed by atoms with Crippen LogP contribution in [0, 0.1) is 6.92 Å². The van der Waals surface area contributed by atoms with Crippen molar-refractivity contribution >= 4 is 23.7 Å². The maximum atomic E-state index is 11.2. The first-order chi connectivity index (χ1) is 8.93. The molecule has 104 valence electrons. The maximum absolute atomic E-state index is 11.2. The number of halogens is 1. The molecule has 0 amide bonds. The Kier molecular flexibility index (Phi) is 4.06. The van der Waals surface area contributed by atoms with Crippen LogP contribution in [0.1, 0.15) is 30.0 Å². The Balaban J connectivity index is 2.39. The molecule has 2 unspecified atom stereocenters. The minimum Gasteiger partial charge on any atom is -0.353 e. The normalized spacial score (nSPS) is 24.6. The molecule has 1 saturated heterocycles. The number of anilines is 1. The molecule has 0 aromatic carbocycles. The van der Waals surface area contributed by atoms with Gasteiger partial charge >= 0.3 is 0 Å². The van der Waals surface area contributed by atoms with E-state index in [0.717, 1.165) is 19.4 Å². The number of piperazine rings is 1. The van der Waals surface area contributed by atoms with Crippen LogP contribution < -0.4 is 4.90 Å². The second-order valence-electron chi connectivity index (χ2n) is 5.19. The van der Waals surface area contributed by atoms with E-state index in [9.17, 15) is 4.79 Å². The van der Waals surface area contributed by atoms with Crippen LogP contribution in [0.2, 0.25) is 5.15 Å². The van der Waals surface area contributed by atoms with Gasteiger partial charge in [-0.15, -0.1) is 0 Å². The molecular weight excluding hydrogens is 264 g/mol. The number of carbonyl (C=O) groups is 1. The average molecular weight is 283 g/mol. The summed E-state index contributed by atoms with van der Waals surface area (Å²) >= 11 is 6.04. The molecule has 0 spiro atoms. The molecule has 0 radical (unpaired) electrons. The fourth-order valence-corrected chi connectivity index (χ4v) is 2.70. The number of nitrogens with zero attached hydrogens (tertiary/aromatic N) is 4. The van der Waals surface area contributed by atoms with Gasteiger partial charge in [-0.05, 0) is 27.8 Å². The van der Waals surface area contributed by atoms with Crippen molar-refractivity contribution in [3.05, 3.63) is 16.5 Å². The van der Waals surface area contributed by atoms with Crippen LogP contribution in [0.15, 0.2) is 0 Å². The Labute approximate surface area is 118 Å². The third kappa shape index (κ3) is 2.72. The summed E-state index contributed by atoms with van der Waals surface area (Å²) in [5, 5.41) is 0.233. The quantitative estimate of drug-likeness (QED) is 0.611. The average Bonchev–Trinajstić information content (AvgIpc) is 2.34. The first-order valence-electron chi connectivity index (χ1n) is 6.40. The minimum absolute atomic E-state index is 0.233. The molecule has 2 rings (SSSR count). The lowest BCUT2D eigenvalue weighted by Crippen LogP contribution is -2.55. The van der Waals surface area contributed by atoms with Crippen molar-refractivity contribution < 1.29 is 4.79 Å². The highest BCUT2D eigenvalue weighted by molar-refractivity contribution is 6.32. The molecule has 0 N–H and O–H groups in total. The highest BCUT2D eigenvalue weighted by atomic mass is 35.5. The van der Waals surface area contributed by atoms with Gasteiger partial charge in [0.25, 0.3) is 0 Å². The van der Waals surface area contributed by atoms with Crippen molar-refractivity contribution in [2.75, 3.05) is 25.0 Å². The Morgan fingerprint density at radius 2 is 1.84 bits per heavy atom. The van der Waals surface area contributed by atoms with E-state index in [0.29, 0.717) is 29.3 Å². The van der Waals surface area contributed by atoms with Gasteiger partial charge in [-0.1, -0.05) is 11.6 Å². The summed E-state index contributed by atoms with van der Waals surface area (Å²) in [6.45, 7) is 7.77. The lowest BCUT2D eigenvalue weighted by atomic mass is 10.1. The predicted molar refractivity (Wildman–Crippen MR) is 76.1 cm³/mol. The van der Waals surface area contributed by atoms with Gasteiger partial charge in [0.15, 0.2) is 6.29 Å². The van der Waals surface area contributed by atoms with Crippen LogP contribution in [-0.2, 0) is 0 Å². The first-order valence-corrected chi connectivity index (χ1v) is 6.78. The summed E-state index contributed by atoms with van der Waals surface area (Å²) in [6, 6.07) is 0.801. The number of aromatic nitrogens is 2. The fourth-order valence-electron chi connectivity index (χ4n) is 2.45. The highest BCUT2D eigenvalue weighted by Gasteiger charge is 2.29. The van der Waals surface area contributed by atoms with Crippen molar-refractivity contribution in [1.82, 2.24) is 14.9 Å². The molecule has 1 fully saturated rings. The van der Waals surface area contributed by atoms with Crippen LogP contribution in [0.3, 0.4) is 0 Å². The zero-order valence-corrected chi connectivity index (χ0v) is 12.5. The molecule has 2 heterocycles. The number of carbonyl (C=O) groups excluding carboxylic acids is 1. The third-order valence-corrected chi connectivity index (χ3v) is 4.06. The van der Waals surface area contributed by atoms with Gasteiger partial charge in [0.05, 0.1) is 5.56 Å². The lowest BCUT2D eigenvalue weighted by molar-refractivity contribution is 0.112. The molecule has 1 aliphatic rings. The van der Waals surface area contributed by atoms with Crippen LogP contribution in [0.4, 0.5) is 5.82 Å². The van der Waals surface area contributed by atoms with Gasteiger partial charge in [0, 0.05) is 25.2 Å².